The van der Waals surface area contributed by atoms with E-state index in [2.05, 4.69) is 17.1 Å². The zero-order valence-electron chi connectivity index (χ0n) is 10.7. The third-order valence-electron chi connectivity index (χ3n) is 2.87. The van der Waals surface area contributed by atoms with E-state index >= 15 is 0 Å². The third kappa shape index (κ3) is 4.49. The second-order valence-corrected chi connectivity index (χ2v) is 5.00. The van der Waals surface area contributed by atoms with Crippen LogP contribution in [0.1, 0.15) is 40.0 Å². The highest BCUT2D eigenvalue weighted by atomic mass is 16.1. The molecule has 0 bridgehead atoms. The predicted octanol–water partition coefficient (Wildman–Crippen LogP) is 0.713. The molecule has 0 aromatic heterocycles. The van der Waals surface area contributed by atoms with Crippen molar-refractivity contribution in [2.75, 3.05) is 13.1 Å². The number of hydrogen-bond acceptors (Lipinski definition) is 3. The van der Waals surface area contributed by atoms with Gasteiger partial charge in [-0.1, -0.05) is 20.8 Å². The molecule has 94 valence electrons. The van der Waals surface area contributed by atoms with Crippen LogP contribution in [0.25, 0.3) is 0 Å². The lowest BCUT2D eigenvalue weighted by atomic mass is 10.2. The van der Waals surface area contributed by atoms with Crippen LogP contribution in [0.5, 0.6) is 0 Å². The van der Waals surface area contributed by atoms with E-state index in [9.17, 15) is 4.79 Å². The summed E-state index contributed by atoms with van der Waals surface area (Å²) >= 11 is 0. The smallest absolute Gasteiger partial charge is 0.235 e. The number of nitrogens with zero attached hydrogens (tertiary/aromatic N) is 1. The van der Waals surface area contributed by atoms with E-state index in [0.717, 1.165) is 19.5 Å². The average Bonchev–Trinajstić information content (AvgIpc) is 2.98. The highest BCUT2D eigenvalue weighted by molar-refractivity contribution is 5.80. The first-order chi connectivity index (χ1) is 7.54. The van der Waals surface area contributed by atoms with Gasteiger partial charge in [0.25, 0.3) is 0 Å². The van der Waals surface area contributed by atoms with E-state index in [1.165, 1.54) is 12.8 Å². The Morgan fingerprint density at radius 3 is 2.50 bits per heavy atom. The van der Waals surface area contributed by atoms with Crippen LogP contribution in [0.2, 0.25) is 0 Å². The van der Waals surface area contributed by atoms with Crippen molar-refractivity contribution < 1.29 is 4.79 Å². The fourth-order valence-electron chi connectivity index (χ4n) is 2.01. The molecular weight excluding hydrogens is 202 g/mol. The lowest BCUT2D eigenvalue weighted by Crippen LogP contribution is -2.51. The van der Waals surface area contributed by atoms with Crippen LogP contribution in [0.15, 0.2) is 0 Å². The number of carbonyl (C=O) groups is 1. The summed E-state index contributed by atoms with van der Waals surface area (Å²) in [6.45, 7) is 8.07. The summed E-state index contributed by atoms with van der Waals surface area (Å²) in [5.41, 5.74) is 5.42. The second kappa shape index (κ2) is 6.21. The van der Waals surface area contributed by atoms with Gasteiger partial charge in [-0.05, 0) is 25.8 Å². The summed E-state index contributed by atoms with van der Waals surface area (Å²) in [4.78, 5) is 13.7. The first-order valence-electron chi connectivity index (χ1n) is 6.34. The van der Waals surface area contributed by atoms with Gasteiger partial charge in [-0.3, -0.25) is 9.69 Å². The zero-order chi connectivity index (χ0) is 12.1. The molecule has 0 heterocycles. The Labute approximate surface area is 98.6 Å². The largest absolute Gasteiger partial charge is 0.368 e. The predicted molar refractivity (Wildman–Crippen MR) is 66.1 cm³/mol. The third-order valence-corrected chi connectivity index (χ3v) is 2.87. The molecule has 1 amide bonds. The summed E-state index contributed by atoms with van der Waals surface area (Å²) < 4.78 is 0. The fourth-order valence-corrected chi connectivity index (χ4v) is 2.01. The van der Waals surface area contributed by atoms with Crippen molar-refractivity contribution >= 4 is 5.91 Å². The van der Waals surface area contributed by atoms with Crippen molar-refractivity contribution in [2.45, 2.75) is 58.2 Å². The van der Waals surface area contributed by atoms with Crippen LogP contribution < -0.4 is 11.1 Å². The Bertz CT molecular complexity index is 226. The molecule has 16 heavy (non-hydrogen) atoms. The van der Waals surface area contributed by atoms with Gasteiger partial charge in [0.05, 0.1) is 6.04 Å². The topological polar surface area (TPSA) is 58.4 Å². The van der Waals surface area contributed by atoms with Crippen molar-refractivity contribution in [3.63, 3.8) is 0 Å². The molecule has 3 N–H and O–H groups in total. The van der Waals surface area contributed by atoms with E-state index in [4.69, 9.17) is 5.73 Å². The van der Waals surface area contributed by atoms with Crippen molar-refractivity contribution in [1.82, 2.24) is 10.2 Å². The molecule has 0 radical (unpaired) electrons. The average molecular weight is 227 g/mol. The molecule has 0 aromatic carbocycles. The number of nitrogens with two attached hydrogens (primary N) is 1. The molecule has 0 aliphatic heterocycles. The Balaban J connectivity index is 2.46. The molecule has 1 saturated carbocycles. The Morgan fingerprint density at radius 2 is 2.12 bits per heavy atom. The van der Waals surface area contributed by atoms with E-state index in [-0.39, 0.29) is 11.9 Å². The highest BCUT2D eigenvalue weighted by Crippen LogP contribution is 2.26. The minimum atomic E-state index is -0.240. The molecule has 0 aromatic rings. The number of primary amides is 1. The van der Waals surface area contributed by atoms with Gasteiger partial charge in [-0.25, -0.2) is 0 Å². The van der Waals surface area contributed by atoms with Gasteiger partial charge in [-0.2, -0.15) is 0 Å². The lowest BCUT2D eigenvalue weighted by Gasteiger charge is -2.27. The van der Waals surface area contributed by atoms with Crippen LogP contribution in [0.3, 0.4) is 0 Å². The quantitative estimate of drug-likeness (QED) is 0.642. The normalized spacial score (nSPS) is 18.1. The first-order valence-corrected chi connectivity index (χ1v) is 6.34. The maximum Gasteiger partial charge on any atom is 0.235 e. The number of carbonyl (C=O) groups excluding carboxylic acids is 1. The number of hydrogen-bond donors (Lipinski definition) is 2. The molecule has 0 spiro atoms. The monoisotopic (exact) mass is 227 g/mol. The summed E-state index contributed by atoms with van der Waals surface area (Å²) in [6, 6.07) is 0.767. The zero-order valence-corrected chi connectivity index (χ0v) is 10.7. The van der Waals surface area contributed by atoms with Crippen molar-refractivity contribution in [2.24, 2.45) is 5.73 Å². The van der Waals surface area contributed by atoms with Gasteiger partial charge >= 0.3 is 0 Å². The molecule has 1 fully saturated rings. The molecular formula is C12H25N3O. The van der Waals surface area contributed by atoms with Crippen molar-refractivity contribution in [3.8, 4) is 0 Å². The van der Waals surface area contributed by atoms with E-state index in [1.807, 2.05) is 13.8 Å². The minimum absolute atomic E-state index is 0.216. The highest BCUT2D eigenvalue weighted by Gasteiger charge is 2.31. The first kappa shape index (κ1) is 13.5. The van der Waals surface area contributed by atoms with E-state index < -0.39 is 0 Å². The minimum Gasteiger partial charge on any atom is -0.368 e. The number of rotatable bonds is 8. The van der Waals surface area contributed by atoms with Gasteiger partial charge in [0.15, 0.2) is 0 Å². The maximum absolute atomic E-state index is 11.4. The standard InChI is InChI=1S/C12H25N3O/c1-4-7-15(10-5-6-10)8-11(12(13)16)14-9(2)3/h9-11,14H,4-8H2,1-3H3,(H2,13,16). The Morgan fingerprint density at radius 1 is 1.50 bits per heavy atom. The maximum atomic E-state index is 11.4. The van der Waals surface area contributed by atoms with Crippen LogP contribution in [-0.2, 0) is 4.79 Å². The summed E-state index contributed by atoms with van der Waals surface area (Å²) in [5.74, 6) is -0.240. The molecule has 1 aliphatic rings. The van der Waals surface area contributed by atoms with Crippen LogP contribution in [-0.4, -0.2) is 42.0 Å². The molecule has 1 atom stereocenters. The number of amides is 1. The second-order valence-electron chi connectivity index (χ2n) is 5.00. The molecule has 0 saturated heterocycles. The van der Waals surface area contributed by atoms with Gasteiger partial charge in [0.1, 0.15) is 0 Å². The van der Waals surface area contributed by atoms with Gasteiger partial charge in [0.2, 0.25) is 5.91 Å². The van der Waals surface area contributed by atoms with Crippen molar-refractivity contribution in [3.05, 3.63) is 0 Å². The van der Waals surface area contributed by atoms with E-state index in [1.54, 1.807) is 0 Å². The Hall–Kier alpha value is -0.610. The lowest BCUT2D eigenvalue weighted by molar-refractivity contribution is -0.120. The summed E-state index contributed by atoms with van der Waals surface area (Å²) in [7, 11) is 0. The van der Waals surface area contributed by atoms with Gasteiger partial charge in [0, 0.05) is 18.6 Å². The van der Waals surface area contributed by atoms with Crippen molar-refractivity contribution in [1.29, 1.82) is 0 Å². The van der Waals surface area contributed by atoms with Gasteiger partial charge in [-0.15, -0.1) is 0 Å². The van der Waals surface area contributed by atoms with Crippen LogP contribution in [0.4, 0.5) is 0 Å². The molecule has 1 rings (SSSR count). The molecule has 1 aliphatic carbocycles. The van der Waals surface area contributed by atoms with Crippen LogP contribution in [0, 0.1) is 0 Å². The molecule has 4 heteroatoms. The van der Waals surface area contributed by atoms with Crippen LogP contribution >= 0.6 is 0 Å². The molecule has 4 nitrogen and oxygen atoms in total. The molecule has 1 unspecified atom stereocenters. The SMILES string of the molecule is CCCN(CC(NC(C)C)C(N)=O)C1CC1. The Kier molecular flexibility index (Phi) is 5.22. The van der Waals surface area contributed by atoms with E-state index in [0.29, 0.717) is 12.1 Å². The summed E-state index contributed by atoms with van der Waals surface area (Å²) in [6.07, 6.45) is 3.67. The number of nitrogens with one attached hydrogen (secondary N) is 1. The van der Waals surface area contributed by atoms with Gasteiger partial charge < -0.3 is 11.1 Å². The fraction of sp³-hybridized carbons (Fsp3) is 0.917. The summed E-state index contributed by atoms with van der Waals surface area (Å²) in [5, 5.41) is 3.23.